The maximum Gasteiger partial charge on any atom is 0.329 e. The lowest BCUT2D eigenvalue weighted by atomic mass is 9.55. The minimum atomic E-state index is -0.00271. The number of hydrogen-bond acceptors (Lipinski definition) is 8. The van der Waals surface area contributed by atoms with Crippen LogP contribution in [0.5, 0.6) is 11.6 Å². The van der Waals surface area contributed by atoms with E-state index in [1.54, 1.807) is 4.57 Å². The highest BCUT2D eigenvalue weighted by Crippen LogP contribution is 2.61. The quantitative estimate of drug-likeness (QED) is 0.112. The molecule has 3 fully saturated rings. The van der Waals surface area contributed by atoms with Gasteiger partial charge in [0.2, 0.25) is 5.88 Å². The Morgan fingerprint density at radius 2 is 1.74 bits per heavy atom. The second-order valence-electron chi connectivity index (χ2n) is 18.0. The van der Waals surface area contributed by atoms with Gasteiger partial charge in [-0.3, -0.25) is 14.1 Å². The van der Waals surface area contributed by atoms with Gasteiger partial charge in [0.1, 0.15) is 5.75 Å². The number of phenols is 1. The fraction of sp³-hybridized carbons (Fsp3) is 0.562. The van der Waals surface area contributed by atoms with Crippen molar-refractivity contribution in [1.82, 2.24) is 24.0 Å². The number of hydrogen-bond donors (Lipinski definition) is 1. The van der Waals surface area contributed by atoms with Crippen molar-refractivity contribution in [2.75, 3.05) is 46.6 Å². The summed E-state index contributed by atoms with van der Waals surface area (Å²) in [5, 5.41) is 11.0. The zero-order valence-electron chi connectivity index (χ0n) is 34.7. The summed E-state index contributed by atoms with van der Waals surface area (Å²) in [5.41, 5.74) is 7.87. The molecular weight excluding hydrogens is 727 g/mol. The Labute approximate surface area is 342 Å². The van der Waals surface area contributed by atoms with Crippen molar-refractivity contribution in [3.05, 3.63) is 82.5 Å². The maximum absolute atomic E-state index is 13.4. The zero-order valence-corrected chi connectivity index (χ0v) is 34.7. The van der Waals surface area contributed by atoms with Crippen LogP contribution in [0.2, 0.25) is 0 Å². The van der Waals surface area contributed by atoms with Crippen LogP contribution >= 0.6 is 0 Å². The van der Waals surface area contributed by atoms with Gasteiger partial charge in [0.05, 0.1) is 35.5 Å². The van der Waals surface area contributed by atoms with E-state index in [2.05, 4.69) is 48.1 Å². The Morgan fingerprint density at radius 3 is 2.59 bits per heavy atom. The van der Waals surface area contributed by atoms with E-state index in [1.807, 2.05) is 48.3 Å². The smallest absolute Gasteiger partial charge is 0.329 e. The van der Waals surface area contributed by atoms with Gasteiger partial charge in [-0.15, -0.1) is 0 Å². The summed E-state index contributed by atoms with van der Waals surface area (Å²) in [7, 11) is 4.04. The Morgan fingerprint density at radius 1 is 0.897 bits per heavy atom. The lowest BCUT2D eigenvalue weighted by Crippen LogP contribution is -2.44. The van der Waals surface area contributed by atoms with Crippen LogP contribution in [0.3, 0.4) is 0 Å². The Kier molecular flexibility index (Phi) is 11.3. The van der Waals surface area contributed by atoms with Crippen molar-refractivity contribution in [1.29, 1.82) is 0 Å². The van der Waals surface area contributed by atoms with Gasteiger partial charge in [-0.1, -0.05) is 19.1 Å². The number of rotatable bonds is 14. The molecule has 0 unspecified atom stereocenters. The molecule has 3 aromatic heterocycles. The molecule has 3 aliphatic carbocycles. The summed E-state index contributed by atoms with van der Waals surface area (Å²) in [6.45, 7) is 7.44. The molecule has 0 radical (unpaired) electrons. The third kappa shape index (κ3) is 7.56. The van der Waals surface area contributed by atoms with Crippen LogP contribution in [0.15, 0.2) is 65.7 Å². The number of benzene rings is 2. The van der Waals surface area contributed by atoms with E-state index in [9.17, 15) is 9.90 Å². The van der Waals surface area contributed by atoms with Crippen molar-refractivity contribution < 1.29 is 19.3 Å². The van der Waals surface area contributed by atoms with Crippen LogP contribution in [0, 0.1) is 17.3 Å². The van der Waals surface area contributed by atoms with E-state index in [0.29, 0.717) is 48.9 Å². The minimum absolute atomic E-state index is 0.00271. The second-order valence-corrected chi connectivity index (χ2v) is 18.0. The van der Waals surface area contributed by atoms with Crippen LogP contribution in [-0.2, 0) is 22.9 Å². The van der Waals surface area contributed by atoms with Gasteiger partial charge < -0.3 is 24.2 Å². The van der Waals surface area contributed by atoms with Gasteiger partial charge in [-0.25, -0.2) is 9.78 Å². The van der Waals surface area contributed by atoms with Gasteiger partial charge in [-0.2, -0.15) is 0 Å². The number of fused-ring (bicyclic) bond motifs is 8. The molecule has 5 atom stereocenters. The molecule has 308 valence electrons. The maximum atomic E-state index is 13.4. The van der Waals surface area contributed by atoms with E-state index >= 15 is 0 Å². The first-order valence-electron chi connectivity index (χ1n) is 22.1. The average Bonchev–Trinajstić information content (AvgIpc) is 3.72. The molecule has 0 amide bonds. The lowest BCUT2D eigenvalue weighted by Gasteiger charge is -2.50. The highest BCUT2D eigenvalue weighted by molar-refractivity contribution is 6.04. The topological polar surface area (TPSA) is 104 Å². The molecule has 2 saturated carbocycles. The van der Waals surface area contributed by atoms with Gasteiger partial charge in [-0.05, 0) is 161 Å². The molecule has 1 N–H and O–H groups in total. The molecule has 0 spiro atoms. The van der Waals surface area contributed by atoms with E-state index in [0.717, 1.165) is 96.7 Å². The van der Waals surface area contributed by atoms with Crippen molar-refractivity contribution in [3.8, 4) is 22.8 Å². The first-order chi connectivity index (χ1) is 28.3. The molecule has 5 aromatic rings. The predicted octanol–water partition coefficient (Wildman–Crippen LogP) is 8.82. The molecule has 10 heteroatoms. The molecule has 4 heterocycles. The van der Waals surface area contributed by atoms with Gasteiger partial charge in [0.25, 0.3) is 0 Å². The molecule has 58 heavy (non-hydrogen) atoms. The summed E-state index contributed by atoms with van der Waals surface area (Å²) in [6, 6.07) is 16.5. The number of nitrogens with zero attached hydrogens (tertiary/aromatic N) is 5. The van der Waals surface area contributed by atoms with Crippen LogP contribution < -0.4 is 10.4 Å². The first kappa shape index (κ1) is 39.2. The number of unbranched alkanes of at least 4 members (excludes halogenated alkanes) is 2. The van der Waals surface area contributed by atoms with Crippen molar-refractivity contribution in [3.63, 3.8) is 0 Å². The Balaban J connectivity index is 0.699. The fourth-order valence-electron chi connectivity index (χ4n) is 11.4. The number of aromatic nitrogens is 4. The van der Waals surface area contributed by atoms with Crippen LogP contribution in [0.25, 0.3) is 33.1 Å². The summed E-state index contributed by atoms with van der Waals surface area (Å²) in [4.78, 5) is 25.2. The summed E-state index contributed by atoms with van der Waals surface area (Å²) in [6.07, 6.45) is 17.6. The average molecular weight is 788 g/mol. The molecule has 1 aliphatic heterocycles. The largest absolute Gasteiger partial charge is 0.508 e. The number of aryl methyl sites for hydroxylation is 2. The second kappa shape index (κ2) is 16.8. The highest BCUT2D eigenvalue weighted by atomic mass is 16.5. The highest BCUT2D eigenvalue weighted by Gasteiger charge is 2.55. The molecule has 0 bridgehead atoms. The third-order valence-corrected chi connectivity index (χ3v) is 14.6. The summed E-state index contributed by atoms with van der Waals surface area (Å²) < 4.78 is 22.0. The zero-order chi connectivity index (χ0) is 39.8. The number of phenolic OH excluding ortho intramolecular Hbond substituents is 1. The van der Waals surface area contributed by atoms with Crippen molar-refractivity contribution in [2.45, 2.75) is 102 Å². The van der Waals surface area contributed by atoms with Gasteiger partial charge >= 0.3 is 5.69 Å². The van der Waals surface area contributed by atoms with Crippen LogP contribution in [0.1, 0.15) is 101 Å². The molecular formula is C48H61N5O5. The summed E-state index contributed by atoms with van der Waals surface area (Å²) >= 11 is 0. The fourth-order valence-corrected chi connectivity index (χ4v) is 11.4. The third-order valence-electron chi connectivity index (χ3n) is 14.6. The molecule has 2 aromatic carbocycles. The molecule has 1 saturated heterocycles. The SMILES string of the molecule is CN(CCCCCO[C@H]1CC[C@H]2[C@@H]3CCc4cc(O)ccc4[C@H]3CC[C@]12C)CCCOc1ccc(-c2ccc3ncc4c(c3c2)n(C2CCOCC2)c(=O)n4C)cn1. The van der Waals surface area contributed by atoms with E-state index in [-0.39, 0.29) is 11.7 Å². The Hall–Kier alpha value is -4.25. The van der Waals surface area contributed by atoms with Crippen molar-refractivity contribution in [2.24, 2.45) is 24.3 Å². The number of ether oxygens (including phenoxy) is 3. The summed E-state index contributed by atoms with van der Waals surface area (Å²) in [5.74, 6) is 3.22. The van der Waals surface area contributed by atoms with Gasteiger partial charge in [0, 0.05) is 62.7 Å². The van der Waals surface area contributed by atoms with E-state index < -0.39 is 0 Å². The minimum Gasteiger partial charge on any atom is -0.508 e. The number of aromatic hydroxyl groups is 1. The van der Waals surface area contributed by atoms with Crippen LogP contribution in [-0.4, -0.2) is 81.8 Å². The lowest BCUT2D eigenvalue weighted by molar-refractivity contribution is -0.0647. The number of imidazole rings is 1. The van der Waals surface area contributed by atoms with Crippen molar-refractivity contribution >= 4 is 21.9 Å². The van der Waals surface area contributed by atoms with E-state index in [4.69, 9.17) is 19.2 Å². The predicted molar refractivity (Wildman–Crippen MR) is 229 cm³/mol. The Bertz CT molecular complexity index is 2280. The van der Waals surface area contributed by atoms with Crippen LogP contribution in [0.4, 0.5) is 0 Å². The normalized spacial score (nSPS) is 24.6. The standard InChI is InChI=1S/C48H61N5O5/c1-48-21-18-38-37-13-11-36(54)28-33(37)8-12-39(38)41(48)14-16-44(48)57-24-6-4-5-22-51(2)23-7-25-58-45-17-10-34(30-50-45)32-9-15-42-40(29-32)46-43(31-49-42)52(3)47(55)53(46)35-19-26-56-27-20-35/h9-11,13,15,17,28-31,35,38-39,41,44,54H,4-8,12,14,16,18-27H2,1-3H3/t38-,39-,41+,44+,48+/m1/s1. The monoisotopic (exact) mass is 787 g/mol. The van der Waals surface area contributed by atoms with Gasteiger partial charge in [0.15, 0.2) is 0 Å². The number of pyridine rings is 2. The molecule has 4 aliphatic rings. The van der Waals surface area contributed by atoms with E-state index in [1.165, 1.54) is 56.1 Å². The molecule has 10 nitrogen and oxygen atoms in total. The first-order valence-corrected chi connectivity index (χ1v) is 22.1. The molecule has 9 rings (SSSR count).